The number of fused-ring (bicyclic) bond motifs is 1. The van der Waals surface area contributed by atoms with Crippen molar-refractivity contribution < 1.29 is 0 Å². The number of hydrogen-bond acceptors (Lipinski definition) is 2. The number of aromatic amines is 1. The largest absolute Gasteiger partial charge is 0.358 e. The van der Waals surface area contributed by atoms with Gasteiger partial charge in [0.2, 0.25) is 0 Å². The van der Waals surface area contributed by atoms with Crippen LogP contribution in [0.15, 0.2) is 36.9 Å². The SMILES string of the molecule is C=C[C@H](c1c(C)[nH]c2ccccc12)N1CCNCC1. The lowest BCUT2D eigenvalue weighted by Crippen LogP contribution is -2.44. The molecule has 0 radical (unpaired) electrons. The number of piperazine rings is 1. The van der Waals surface area contributed by atoms with E-state index in [2.05, 4.69) is 59.0 Å². The van der Waals surface area contributed by atoms with E-state index in [9.17, 15) is 0 Å². The van der Waals surface area contributed by atoms with E-state index in [1.165, 1.54) is 22.2 Å². The van der Waals surface area contributed by atoms with Crippen molar-refractivity contribution in [2.45, 2.75) is 13.0 Å². The Labute approximate surface area is 114 Å². The van der Waals surface area contributed by atoms with Crippen molar-refractivity contribution in [3.05, 3.63) is 48.2 Å². The zero-order valence-corrected chi connectivity index (χ0v) is 11.4. The summed E-state index contributed by atoms with van der Waals surface area (Å²) in [5.74, 6) is 0. The summed E-state index contributed by atoms with van der Waals surface area (Å²) in [4.78, 5) is 6.00. The summed E-state index contributed by atoms with van der Waals surface area (Å²) in [6.45, 7) is 10.5. The smallest absolute Gasteiger partial charge is 0.0553 e. The maximum Gasteiger partial charge on any atom is 0.0553 e. The molecule has 2 N–H and O–H groups in total. The molecule has 1 aliphatic heterocycles. The third-order valence-electron chi connectivity index (χ3n) is 4.01. The van der Waals surface area contributed by atoms with Gasteiger partial charge >= 0.3 is 0 Å². The van der Waals surface area contributed by atoms with Gasteiger partial charge in [-0.1, -0.05) is 24.3 Å². The fourth-order valence-electron chi connectivity index (χ4n) is 3.09. The minimum Gasteiger partial charge on any atom is -0.358 e. The van der Waals surface area contributed by atoms with Crippen LogP contribution in [-0.2, 0) is 0 Å². The first-order valence-corrected chi connectivity index (χ1v) is 6.96. The quantitative estimate of drug-likeness (QED) is 0.826. The van der Waals surface area contributed by atoms with Gasteiger partial charge in [0, 0.05) is 48.3 Å². The average molecular weight is 255 g/mol. The fraction of sp³-hybridized carbons (Fsp3) is 0.375. The molecule has 3 nitrogen and oxygen atoms in total. The van der Waals surface area contributed by atoms with Crippen LogP contribution in [-0.4, -0.2) is 36.1 Å². The van der Waals surface area contributed by atoms with E-state index >= 15 is 0 Å². The molecule has 100 valence electrons. The Kier molecular flexibility index (Phi) is 3.40. The van der Waals surface area contributed by atoms with Crippen molar-refractivity contribution in [1.82, 2.24) is 15.2 Å². The average Bonchev–Trinajstić information content (AvgIpc) is 2.78. The summed E-state index contributed by atoms with van der Waals surface area (Å²) in [5, 5.41) is 4.73. The number of aromatic nitrogens is 1. The normalized spacial score (nSPS) is 18.6. The van der Waals surface area contributed by atoms with Crippen LogP contribution in [0.2, 0.25) is 0 Å². The van der Waals surface area contributed by atoms with Gasteiger partial charge in [-0.25, -0.2) is 0 Å². The summed E-state index contributed by atoms with van der Waals surface area (Å²) >= 11 is 0. The van der Waals surface area contributed by atoms with E-state index in [-0.39, 0.29) is 0 Å². The lowest BCUT2D eigenvalue weighted by molar-refractivity contribution is 0.204. The lowest BCUT2D eigenvalue weighted by atomic mass is 10.0. The van der Waals surface area contributed by atoms with Crippen molar-refractivity contribution >= 4 is 10.9 Å². The van der Waals surface area contributed by atoms with Crippen LogP contribution < -0.4 is 5.32 Å². The zero-order chi connectivity index (χ0) is 13.2. The molecule has 2 aromatic rings. The Morgan fingerprint density at radius 1 is 1.26 bits per heavy atom. The van der Waals surface area contributed by atoms with Crippen LogP contribution in [0.5, 0.6) is 0 Å². The van der Waals surface area contributed by atoms with E-state index in [1.807, 2.05) is 0 Å². The van der Waals surface area contributed by atoms with Gasteiger partial charge < -0.3 is 10.3 Å². The van der Waals surface area contributed by atoms with Crippen molar-refractivity contribution in [3.8, 4) is 0 Å². The third kappa shape index (κ3) is 2.20. The highest BCUT2D eigenvalue weighted by Gasteiger charge is 2.23. The molecule has 1 aromatic carbocycles. The van der Waals surface area contributed by atoms with Gasteiger partial charge in [0.05, 0.1) is 6.04 Å². The highest BCUT2D eigenvalue weighted by atomic mass is 15.2. The molecule has 0 saturated carbocycles. The van der Waals surface area contributed by atoms with Gasteiger partial charge in [0.1, 0.15) is 0 Å². The van der Waals surface area contributed by atoms with Gasteiger partial charge in [0.15, 0.2) is 0 Å². The molecule has 0 unspecified atom stereocenters. The molecule has 19 heavy (non-hydrogen) atoms. The van der Waals surface area contributed by atoms with Gasteiger partial charge in [-0.2, -0.15) is 0 Å². The molecular weight excluding hydrogens is 234 g/mol. The first-order valence-electron chi connectivity index (χ1n) is 6.96. The molecular formula is C16H21N3. The minimum absolute atomic E-state index is 0.304. The van der Waals surface area contributed by atoms with Crippen LogP contribution in [0, 0.1) is 6.92 Å². The maximum absolute atomic E-state index is 4.06. The molecule has 0 amide bonds. The summed E-state index contributed by atoms with van der Waals surface area (Å²) in [5.41, 5.74) is 3.86. The molecule has 1 atom stereocenters. The number of nitrogens with one attached hydrogen (secondary N) is 2. The molecule has 1 saturated heterocycles. The summed E-state index contributed by atoms with van der Waals surface area (Å²) in [6, 6.07) is 8.84. The Bertz CT molecular complexity index is 579. The van der Waals surface area contributed by atoms with Crippen molar-refractivity contribution in [2.24, 2.45) is 0 Å². The molecule has 3 heteroatoms. The number of benzene rings is 1. The molecule has 2 heterocycles. The summed E-state index contributed by atoms with van der Waals surface area (Å²) in [7, 11) is 0. The molecule has 0 aliphatic carbocycles. The topological polar surface area (TPSA) is 31.1 Å². The summed E-state index contributed by atoms with van der Waals surface area (Å²) in [6.07, 6.45) is 2.08. The van der Waals surface area contributed by atoms with E-state index in [4.69, 9.17) is 0 Å². The second-order valence-corrected chi connectivity index (χ2v) is 5.18. The van der Waals surface area contributed by atoms with Gasteiger partial charge in [0.25, 0.3) is 0 Å². The zero-order valence-electron chi connectivity index (χ0n) is 11.4. The molecule has 1 aromatic heterocycles. The van der Waals surface area contributed by atoms with E-state index in [1.54, 1.807) is 0 Å². The van der Waals surface area contributed by atoms with E-state index < -0.39 is 0 Å². The van der Waals surface area contributed by atoms with Crippen molar-refractivity contribution in [2.75, 3.05) is 26.2 Å². The number of hydrogen-bond donors (Lipinski definition) is 2. The van der Waals surface area contributed by atoms with Crippen LogP contribution in [0.25, 0.3) is 10.9 Å². The predicted molar refractivity (Wildman–Crippen MR) is 80.4 cm³/mol. The first-order chi connectivity index (χ1) is 9.31. The van der Waals surface area contributed by atoms with Crippen molar-refractivity contribution in [3.63, 3.8) is 0 Å². The molecule has 0 spiro atoms. The first kappa shape index (κ1) is 12.5. The third-order valence-corrected chi connectivity index (χ3v) is 4.01. The van der Waals surface area contributed by atoms with Gasteiger partial charge in [-0.05, 0) is 13.0 Å². The van der Waals surface area contributed by atoms with Crippen LogP contribution in [0.3, 0.4) is 0 Å². The second kappa shape index (κ2) is 5.19. The molecule has 3 rings (SSSR count). The molecule has 1 fully saturated rings. The monoisotopic (exact) mass is 255 g/mol. The van der Waals surface area contributed by atoms with Crippen molar-refractivity contribution in [1.29, 1.82) is 0 Å². The standard InChI is InChI=1S/C16H21N3/c1-3-15(19-10-8-17-9-11-19)16-12(2)18-14-7-5-4-6-13(14)16/h3-7,15,17-18H,1,8-11H2,2H3/t15-/m1/s1. The van der Waals surface area contributed by atoms with Gasteiger partial charge in [-0.3, -0.25) is 4.90 Å². The molecule has 0 bridgehead atoms. The van der Waals surface area contributed by atoms with Crippen LogP contribution in [0.4, 0.5) is 0 Å². The van der Waals surface area contributed by atoms with Gasteiger partial charge in [-0.15, -0.1) is 6.58 Å². The Balaban J connectivity index is 2.05. The fourth-order valence-corrected chi connectivity index (χ4v) is 3.09. The Hall–Kier alpha value is -1.58. The number of para-hydroxylation sites is 1. The maximum atomic E-state index is 4.06. The number of H-pyrrole nitrogens is 1. The molecule has 1 aliphatic rings. The van der Waals surface area contributed by atoms with Crippen LogP contribution >= 0.6 is 0 Å². The second-order valence-electron chi connectivity index (χ2n) is 5.18. The Morgan fingerprint density at radius 3 is 2.74 bits per heavy atom. The van der Waals surface area contributed by atoms with Crippen LogP contribution in [0.1, 0.15) is 17.3 Å². The highest BCUT2D eigenvalue weighted by Crippen LogP contribution is 2.32. The minimum atomic E-state index is 0.304. The van der Waals surface area contributed by atoms with E-state index in [0.29, 0.717) is 6.04 Å². The summed E-state index contributed by atoms with van der Waals surface area (Å²) < 4.78 is 0. The number of aryl methyl sites for hydroxylation is 1. The van der Waals surface area contributed by atoms with E-state index in [0.717, 1.165) is 26.2 Å². The number of rotatable bonds is 3. The lowest BCUT2D eigenvalue weighted by Gasteiger charge is -2.33. The predicted octanol–water partition coefficient (Wildman–Crippen LogP) is 2.61. The number of nitrogens with zero attached hydrogens (tertiary/aromatic N) is 1. The highest BCUT2D eigenvalue weighted by molar-refractivity contribution is 5.85. The Morgan fingerprint density at radius 2 is 2.00 bits per heavy atom.